The molecule has 0 radical (unpaired) electrons. The number of nitrogens with one attached hydrogen (secondary N) is 2. The lowest BCUT2D eigenvalue weighted by Gasteiger charge is -2.35. The summed E-state index contributed by atoms with van der Waals surface area (Å²) in [7, 11) is 0. The highest BCUT2D eigenvalue weighted by atomic mass is 35.5. The highest BCUT2D eigenvalue weighted by molar-refractivity contribution is 6.18. The van der Waals surface area contributed by atoms with Crippen LogP contribution in [0.4, 0.5) is 5.82 Å². The van der Waals surface area contributed by atoms with Crippen LogP contribution in [0.3, 0.4) is 0 Å². The van der Waals surface area contributed by atoms with Crippen molar-refractivity contribution < 1.29 is 0 Å². The summed E-state index contributed by atoms with van der Waals surface area (Å²) >= 11 is 6.18. The van der Waals surface area contributed by atoms with Crippen molar-refractivity contribution in [1.82, 2.24) is 19.6 Å². The van der Waals surface area contributed by atoms with Gasteiger partial charge in [0.05, 0.1) is 0 Å². The molecule has 2 aromatic rings. The molecule has 1 saturated carbocycles. The second kappa shape index (κ2) is 5.44. The molecule has 7 heteroatoms. The standard InChI is InChI=1S/C13H18ClN5O/c14-7-13(4-2-1-3-5-13)8-15-10-6-11-17-18-12(20)19(11)9-16-10/h6,9,15H,1-5,7-8H2,(H,18,20). The molecule has 0 aromatic carbocycles. The Morgan fingerprint density at radius 3 is 2.95 bits per heavy atom. The summed E-state index contributed by atoms with van der Waals surface area (Å²) in [6.07, 6.45) is 7.60. The summed E-state index contributed by atoms with van der Waals surface area (Å²) < 4.78 is 1.38. The predicted octanol–water partition coefficient (Wildman–Crippen LogP) is 2.02. The second-order valence-electron chi connectivity index (χ2n) is 5.58. The smallest absolute Gasteiger partial charge is 0.348 e. The van der Waals surface area contributed by atoms with Crippen LogP contribution < -0.4 is 11.0 Å². The first-order valence-corrected chi connectivity index (χ1v) is 7.49. The first-order valence-electron chi connectivity index (χ1n) is 6.95. The van der Waals surface area contributed by atoms with Crippen molar-refractivity contribution in [2.45, 2.75) is 32.1 Å². The fraction of sp³-hybridized carbons (Fsp3) is 0.615. The van der Waals surface area contributed by atoms with E-state index in [1.807, 2.05) is 0 Å². The average Bonchev–Trinajstić information content (AvgIpc) is 2.87. The molecule has 1 aliphatic carbocycles. The van der Waals surface area contributed by atoms with Crippen LogP contribution >= 0.6 is 11.6 Å². The summed E-state index contributed by atoms with van der Waals surface area (Å²) in [6, 6.07) is 1.77. The van der Waals surface area contributed by atoms with Gasteiger partial charge in [0, 0.05) is 23.9 Å². The summed E-state index contributed by atoms with van der Waals surface area (Å²) in [5, 5.41) is 9.67. The summed E-state index contributed by atoms with van der Waals surface area (Å²) in [5.41, 5.74) is 0.457. The number of halogens is 1. The fourth-order valence-electron chi connectivity index (χ4n) is 2.84. The molecule has 0 bridgehead atoms. The fourth-order valence-corrected chi connectivity index (χ4v) is 3.21. The van der Waals surface area contributed by atoms with Gasteiger partial charge in [-0.1, -0.05) is 19.3 Å². The molecule has 0 amide bonds. The van der Waals surface area contributed by atoms with Crippen molar-refractivity contribution in [2.24, 2.45) is 5.41 Å². The molecule has 0 spiro atoms. The van der Waals surface area contributed by atoms with Crippen LogP contribution in [0.15, 0.2) is 17.2 Å². The Hall–Kier alpha value is -1.56. The molecule has 2 aromatic heterocycles. The molecule has 108 valence electrons. The van der Waals surface area contributed by atoms with Gasteiger partial charge >= 0.3 is 5.69 Å². The van der Waals surface area contributed by atoms with Gasteiger partial charge in [0.15, 0.2) is 5.65 Å². The third kappa shape index (κ3) is 2.52. The van der Waals surface area contributed by atoms with Crippen molar-refractivity contribution in [3.05, 3.63) is 22.9 Å². The molecule has 1 aliphatic rings. The number of alkyl halides is 1. The van der Waals surface area contributed by atoms with Crippen molar-refractivity contribution in [1.29, 1.82) is 0 Å². The maximum atomic E-state index is 11.4. The quantitative estimate of drug-likeness (QED) is 0.846. The zero-order valence-electron chi connectivity index (χ0n) is 11.2. The highest BCUT2D eigenvalue weighted by Crippen LogP contribution is 2.37. The van der Waals surface area contributed by atoms with Crippen LogP contribution in [-0.2, 0) is 0 Å². The Morgan fingerprint density at radius 1 is 1.40 bits per heavy atom. The highest BCUT2D eigenvalue weighted by Gasteiger charge is 2.31. The third-order valence-corrected chi connectivity index (χ3v) is 4.72. The third-order valence-electron chi connectivity index (χ3n) is 4.15. The Morgan fingerprint density at radius 2 is 2.20 bits per heavy atom. The van der Waals surface area contributed by atoms with E-state index in [0.717, 1.165) is 25.2 Å². The molecule has 0 atom stereocenters. The molecule has 1 fully saturated rings. The number of H-pyrrole nitrogens is 1. The van der Waals surface area contributed by atoms with E-state index < -0.39 is 0 Å². The van der Waals surface area contributed by atoms with E-state index in [2.05, 4.69) is 20.5 Å². The normalized spacial score (nSPS) is 18.2. The largest absolute Gasteiger partial charge is 0.369 e. The number of anilines is 1. The first kappa shape index (κ1) is 13.4. The lowest BCUT2D eigenvalue weighted by Crippen LogP contribution is -2.34. The van der Waals surface area contributed by atoms with Crippen LogP contribution in [0.2, 0.25) is 0 Å². The van der Waals surface area contributed by atoms with Crippen molar-refractivity contribution in [3.8, 4) is 0 Å². The van der Waals surface area contributed by atoms with E-state index in [0.29, 0.717) is 11.5 Å². The zero-order valence-corrected chi connectivity index (χ0v) is 12.0. The Labute approximate surface area is 121 Å². The van der Waals surface area contributed by atoms with E-state index >= 15 is 0 Å². The molecular weight excluding hydrogens is 278 g/mol. The van der Waals surface area contributed by atoms with Crippen LogP contribution in [0.5, 0.6) is 0 Å². The molecule has 2 heterocycles. The van der Waals surface area contributed by atoms with Crippen molar-refractivity contribution in [3.63, 3.8) is 0 Å². The van der Waals surface area contributed by atoms with Gasteiger partial charge in [-0.2, -0.15) is 5.10 Å². The maximum Gasteiger partial charge on any atom is 0.348 e. The van der Waals surface area contributed by atoms with Gasteiger partial charge in [-0.25, -0.2) is 19.3 Å². The molecular formula is C13H18ClN5O. The van der Waals surface area contributed by atoms with Gasteiger partial charge in [0.25, 0.3) is 0 Å². The predicted molar refractivity (Wildman–Crippen MR) is 78.3 cm³/mol. The Bertz CT molecular complexity index is 643. The minimum absolute atomic E-state index is 0.166. The first-order chi connectivity index (χ1) is 9.72. The zero-order chi connectivity index (χ0) is 14.0. The lowest BCUT2D eigenvalue weighted by molar-refractivity contribution is 0.238. The van der Waals surface area contributed by atoms with Gasteiger partial charge < -0.3 is 5.32 Å². The molecule has 0 saturated heterocycles. The number of fused-ring (bicyclic) bond motifs is 1. The number of hydrogen-bond acceptors (Lipinski definition) is 4. The number of aromatic nitrogens is 4. The average molecular weight is 296 g/mol. The molecule has 20 heavy (non-hydrogen) atoms. The van der Waals surface area contributed by atoms with Crippen LogP contribution in [0.25, 0.3) is 5.65 Å². The van der Waals surface area contributed by atoms with Crippen molar-refractivity contribution in [2.75, 3.05) is 17.7 Å². The summed E-state index contributed by atoms with van der Waals surface area (Å²) in [6.45, 7) is 0.814. The van der Waals surface area contributed by atoms with Gasteiger partial charge in [0.2, 0.25) is 0 Å². The number of hydrogen-bond donors (Lipinski definition) is 2. The van der Waals surface area contributed by atoms with Gasteiger partial charge in [0.1, 0.15) is 12.1 Å². The lowest BCUT2D eigenvalue weighted by atomic mass is 9.75. The van der Waals surface area contributed by atoms with E-state index in [9.17, 15) is 4.79 Å². The molecule has 0 unspecified atom stereocenters. The topological polar surface area (TPSA) is 75.1 Å². The minimum Gasteiger partial charge on any atom is -0.369 e. The van der Waals surface area contributed by atoms with E-state index in [1.54, 1.807) is 6.07 Å². The maximum absolute atomic E-state index is 11.4. The Balaban J connectivity index is 1.74. The van der Waals surface area contributed by atoms with Crippen molar-refractivity contribution >= 4 is 23.1 Å². The SMILES string of the molecule is O=c1[nH]nc2cc(NCC3(CCl)CCCCC3)ncn12. The van der Waals surface area contributed by atoms with E-state index in [4.69, 9.17) is 11.6 Å². The van der Waals surface area contributed by atoms with E-state index in [1.165, 1.54) is 30.0 Å². The molecule has 0 aliphatic heterocycles. The Kier molecular flexibility index (Phi) is 3.65. The molecule has 3 rings (SSSR count). The minimum atomic E-state index is -0.274. The molecule has 2 N–H and O–H groups in total. The summed E-state index contributed by atoms with van der Waals surface area (Å²) in [4.78, 5) is 15.6. The van der Waals surface area contributed by atoms with Gasteiger partial charge in [-0.15, -0.1) is 11.6 Å². The number of nitrogens with zero attached hydrogens (tertiary/aromatic N) is 3. The van der Waals surface area contributed by atoms with Gasteiger partial charge in [-0.3, -0.25) is 0 Å². The number of rotatable bonds is 4. The van der Waals surface area contributed by atoms with Crippen LogP contribution in [0, 0.1) is 5.41 Å². The van der Waals surface area contributed by atoms with Gasteiger partial charge in [-0.05, 0) is 12.8 Å². The number of aromatic amines is 1. The monoisotopic (exact) mass is 295 g/mol. The van der Waals surface area contributed by atoms with E-state index in [-0.39, 0.29) is 11.1 Å². The second-order valence-corrected chi connectivity index (χ2v) is 5.85. The van der Waals surface area contributed by atoms with Crippen LogP contribution in [-0.4, -0.2) is 32.0 Å². The van der Waals surface area contributed by atoms with Crippen LogP contribution in [0.1, 0.15) is 32.1 Å². The summed E-state index contributed by atoms with van der Waals surface area (Å²) in [5.74, 6) is 1.40. The molecule has 6 nitrogen and oxygen atoms in total.